The minimum atomic E-state index is -0.363. The van der Waals surface area contributed by atoms with Crippen molar-refractivity contribution in [3.63, 3.8) is 0 Å². The third kappa shape index (κ3) is 8.93. The highest BCUT2D eigenvalue weighted by Crippen LogP contribution is 2.32. The summed E-state index contributed by atoms with van der Waals surface area (Å²) in [7, 11) is 0. The number of aliphatic hydroxyl groups is 1. The minimum Gasteiger partial charge on any atom is -0.390 e. The van der Waals surface area contributed by atoms with Gasteiger partial charge in [-0.3, -0.25) is 0 Å². The lowest BCUT2D eigenvalue weighted by molar-refractivity contribution is -0.0239. The summed E-state index contributed by atoms with van der Waals surface area (Å²) in [6.45, 7) is 7.20. The lowest BCUT2D eigenvalue weighted by atomic mass is 9.78. The second kappa shape index (κ2) is 10.8. The molecule has 1 saturated carbocycles. The molecule has 0 saturated heterocycles. The molecule has 0 aliphatic heterocycles. The first-order chi connectivity index (χ1) is 8.54. The van der Waals surface area contributed by atoms with Crippen LogP contribution < -0.4 is 5.73 Å². The van der Waals surface area contributed by atoms with Crippen LogP contribution in [0.15, 0.2) is 0 Å². The van der Waals surface area contributed by atoms with Crippen LogP contribution in [0.1, 0.15) is 85.0 Å². The monoisotopic (exact) mass is 257 g/mol. The third-order valence-corrected chi connectivity index (χ3v) is 4.19. The normalized spacial score (nSPS) is 27.5. The Labute approximate surface area is 114 Å². The van der Waals surface area contributed by atoms with Crippen LogP contribution in [0.4, 0.5) is 0 Å². The molecule has 1 aliphatic carbocycles. The van der Waals surface area contributed by atoms with E-state index in [-0.39, 0.29) is 5.60 Å². The molecular formula is C16H35NO. The van der Waals surface area contributed by atoms with Gasteiger partial charge in [0.15, 0.2) is 0 Å². The van der Waals surface area contributed by atoms with Crippen LogP contribution in [-0.2, 0) is 0 Å². The Bertz CT molecular complexity index is 174. The van der Waals surface area contributed by atoms with Gasteiger partial charge >= 0.3 is 0 Å². The SMILES string of the molecule is CC1CCCCC1(C)O.CCCCCCCCN. The van der Waals surface area contributed by atoms with E-state index in [0.717, 1.165) is 13.0 Å². The fourth-order valence-electron chi connectivity index (χ4n) is 2.42. The predicted octanol–water partition coefficient (Wildman–Crippen LogP) is 4.25. The summed E-state index contributed by atoms with van der Waals surface area (Å²) in [6, 6.07) is 0. The molecule has 0 bridgehead atoms. The second-order valence-electron chi connectivity index (χ2n) is 6.06. The summed E-state index contributed by atoms with van der Waals surface area (Å²) in [5, 5.41) is 9.64. The van der Waals surface area contributed by atoms with Gasteiger partial charge in [0.2, 0.25) is 0 Å². The van der Waals surface area contributed by atoms with Gasteiger partial charge in [0.05, 0.1) is 5.60 Å². The van der Waals surface area contributed by atoms with Crippen molar-refractivity contribution in [2.75, 3.05) is 6.54 Å². The topological polar surface area (TPSA) is 46.2 Å². The van der Waals surface area contributed by atoms with Crippen LogP contribution in [-0.4, -0.2) is 17.3 Å². The molecule has 0 aromatic rings. The number of nitrogens with two attached hydrogens (primary N) is 1. The van der Waals surface area contributed by atoms with Gasteiger partial charge in [0, 0.05) is 0 Å². The molecular weight excluding hydrogens is 222 g/mol. The lowest BCUT2D eigenvalue weighted by Crippen LogP contribution is -2.35. The highest BCUT2D eigenvalue weighted by Gasteiger charge is 2.30. The third-order valence-electron chi connectivity index (χ3n) is 4.19. The van der Waals surface area contributed by atoms with E-state index in [1.54, 1.807) is 0 Å². The summed E-state index contributed by atoms with van der Waals surface area (Å²) in [6.07, 6.45) is 12.8. The predicted molar refractivity (Wildman–Crippen MR) is 80.7 cm³/mol. The van der Waals surface area contributed by atoms with E-state index < -0.39 is 0 Å². The Hall–Kier alpha value is -0.0800. The molecule has 1 aliphatic rings. The summed E-state index contributed by atoms with van der Waals surface area (Å²) < 4.78 is 0. The van der Waals surface area contributed by atoms with E-state index in [2.05, 4.69) is 13.8 Å². The van der Waals surface area contributed by atoms with Crippen LogP contribution in [0.2, 0.25) is 0 Å². The molecule has 2 atom stereocenters. The summed E-state index contributed by atoms with van der Waals surface area (Å²) in [5.41, 5.74) is 4.98. The second-order valence-corrected chi connectivity index (χ2v) is 6.06. The molecule has 0 heterocycles. The molecule has 2 nitrogen and oxygen atoms in total. The first kappa shape index (κ1) is 17.9. The average molecular weight is 257 g/mol. The van der Waals surface area contributed by atoms with Crippen molar-refractivity contribution < 1.29 is 5.11 Å². The molecule has 1 fully saturated rings. The zero-order valence-corrected chi connectivity index (χ0v) is 12.9. The van der Waals surface area contributed by atoms with Gasteiger partial charge in [0.1, 0.15) is 0 Å². The fourth-order valence-corrected chi connectivity index (χ4v) is 2.42. The highest BCUT2D eigenvalue weighted by atomic mass is 16.3. The van der Waals surface area contributed by atoms with E-state index in [1.807, 2.05) is 6.92 Å². The molecule has 0 aromatic heterocycles. The standard InChI is InChI=1S/C8H19N.C8H16O/c1-2-3-4-5-6-7-8-9;1-7-5-3-4-6-8(7,2)9/h2-9H2,1H3;7,9H,3-6H2,1-2H3. The number of unbranched alkanes of at least 4 members (excludes halogenated alkanes) is 5. The molecule has 0 spiro atoms. The van der Waals surface area contributed by atoms with Gasteiger partial charge in [-0.2, -0.15) is 0 Å². The first-order valence-corrected chi connectivity index (χ1v) is 7.97. The van der Waals surface area contributed by atoms with Crippen molar-refractivity contribution in [3.8, 4) is 0 Å². The van der Waals surface area contributed by atoms with Crippen molar-refractivity contribution >= 4 is 0 Å². The quantitative estimate of drug-likeness (QED) is 0.699. The van der Waals surface area contributed by atoms with Crippen molar-refractivity contribution in [3.05, 3.63) is 0 Å². The van der Waals surface area contributed by atoms with Crippen LogP contribution in [0.3, 0.4) is 0 Å². The molecule has 110 valence electrons. The molecule has 18 heavy (non-hydrogen) atoms. The Kier molecular flexibility index (Phi) is 10.8. The number of rotatable bonds is 6. The Morgan fingerprint density at radius 1 is 1.11 bits per heavy atom. The number of hydrogen-bond donors (Lipinski definition) is 2. The molecule has 2 heteroatoms. The van der Waals surface area contributed by atoms with Crippen LogP contribution in [0.5, 0.6) is 0 Å². The van der Waals surface area contributed by atoms with E-state index in [4.69, 9.17) is 5.73 Å². The fraction of sp³-hybridized carbons (Fsp3) is 1.00. The van der Waals surface area contributed by atoms with Crippen LogP contribution in [0.25, 0.3) is 0 Å². The van der Waals surface area contributed by atoms with E-state index >= 15 is 0 Å². The Balaban J connectivity index is 0.000000321. The van der Waals surface area contributed by atoms with Gasteiger partial charge in [-0.25, -0.2) is 0 Å². The first-order valence-electron chi connectivity index (χ1n) is 7.97. The Morgan fingerprint density at radius 3 is 2.17 bits per heavy atom. The summed E-state index contributed by atoms with van der Waals surface area (Å²) >= 11 is 0. The van der Waals surface area contributed by atoms with Crippen LogP contribution >= 0.6 is 0 Å². The maximum absolute atomic E-state index is 9.64. The molecule has 2 unspecified atom stereocenters. The maximum Gasteiger partial charge on any atom is 0.0645 e. The van der Waals surface area contributed by atoms with E-state index in [0.29, 0.717) is 5.92 Å². The van der Waals surface area contributed by atoms with Crippen molar-refractivity contribution in [2.24, 2.45) is 11.7 Å². The molecule has 3 N–H and O–H groups in total. The number of hydrogen-bond acceptors (Lipinski definition) is 2. The largest absolute Gasteiger partial charge is 0.390 e. The van der Waals surface area contributed by atoms with Crippen molar-refractivity contribution in [1.29, 1.82) is 0 Å². The highest BCUT2D eigenvalue weighted by molar-refractivity contribution is 4.82. The van der Waals surface area contributed by atoms with E-state index in [1.165, 1.54) is 57.8 Å². The zero-order valence-electron chi connectivity index (χ0n) is 12.9. The van der Waals surface area contributed by atoms with Crippen molar-refractivity contribution in [1.82, 2.24) is 0 Å². The van der Waals surface area contributed by atoms with Gasteiger partial charge < -0.3 is 10.8 Å². The molecule has 0 amide bonds. The van der Waals surface area contributed by atoms with Gasteiger partial charge in [0.25, 0.3) is 0 Å². The Morgan fingerprint density at radius 2 is 1.72 bits per heavy atom. The smallest absolute Gasteiger partial charge is 0.0645 e. The average Bonchev–Trinajstić information content (AvgIpc) is 2.34. The van der Waals surface area contributed by atoms with E-state index in [9.17, 15) is 5.11 Å². The van der Waals surface area contributed by atoms with Crippen LogP contribution in [0, 0.1) is 5.92 Å². The lowest BCUT2D eigenvalue weighted by Gasteiger charge is -2.34. The van der Waals surface area contributed by atoms with Crippen molar-refractivity contribution in [2.45, 2.75) is 90.6 Å². The molecule has 0 radical (unpaired) electrons. The molecule has 1 rings (SSSR count). The minimum absolute atomic E-state index is 0.363. The van der Waals surface area contributed by atoms with Gasteiger partial charge in [-0.15, -0.1) is 0 Å². The van der Waals surface area contributed by atoms with Gasteiger partial charge in [-0.1, -0.05) is 58.8 Å². The summed E-state index contributed by atoms with van der Waals surface area (Å²) in [5.74, 6) is 0.506. The summed E-state index contributed by atoms with van der Waals surface area (Å²) in [4.78, 5) is 0. The zero-order chi connectivity index (χ0) is 13.9. The maximum atomic E-state index is 9.64. The van der Waals surface area contributed by atoms with Gasteiger partial charge in [-0.05, 0) is 38.6 Å². The molecule has 0 aromatic carbocycles.